The summed E-state index contributed by atoms with van der Waals surface area (Å²) >= 11 is 0. The van der Waals surface area contributed by atoms with Gasteiger partial charge in [-0.25, -0.2) is 9.37 Å². The topological polar surface area (TPSA) is 72.7 Å². The van der Waals surface area contributed by atoms with Crippen molar-refractivity contribution < 1.29 is 13.9 Å². The molecule has 2 aromatic carbocycles. The van der Waals surface area contributed by atoms with Crippen molar-refractivity contribution in [3.05, 3.63) is 66.0 Å². The van der Waals surface area contributed by atoms with Gasteiger partial charge in [-0.1, -0.05) is 31.7 Å². The standard InChI is InChI=1S/C34H38FN5O2/c1-4-33(41)40-16-15-39(20-24(40)12-13-36)31-19-32(42-21-25-8-6-14-38(25)3)37-30-18-27(29(35)17-28(30)31)26-9-5-7-23-11-10-22(2)34(23)26/h4-5,7,9,17-19,22,24-25H,1,6,8,10-12,14-16,20-21H2,2-3H3/t22?,24-,25-/m0/s1. The molecule has 2 aliphatic heterocycles. The molecule has 0 saturated carbocycles. The molecule has 2 saturated heterocycles. The number of anilines is 1. The Morgan fingerprint density at radius 3 is 2.81 bits per heavy atom. The first kappa shape index (κ1) is 28.2. The number of hydrogen-bond acceptors (Lipinski definition) is 6. The molecule has 42 heavy (non-hydrogen) atoms. The van der Waals surface area contributed by atoms with Gasteiger partial charge in [-0.05, 0) is 80.1 Å². The number of fused-ring (bicyclic) bond motifs is 2. The van der Waals surface area contributed by atoms with Crippen molar-refractivity contribution in [1.82, 2.24) is 14.8 Å². The van der Waals surface area contributed by atoms with E-state index in [-0.39, 0.29) is 24.2 Å². The zero-order chi connectivity index (χ0) is 29.4. The van der Waals surface area contributed by atoms with E-state index in [1.165, 1.54) is 17.2 Å². The van der Waals surface area contributed by atoms with Crippen LogP contribution < -0.4 is 9.64 Å². The van der Waals surface area contributed by atoms with Crippen LogP contribution in [-0.4, -0.2) is 72.6 Å². The maximum atomic E-state index is 16.1. The third-order valence-corrected chi connectivity index (χ3v) is 9.38. The number of piperazine rings is 1. The first-order valence-corrected chi connectivity index (χ1v) is 15.0. The Labute approximate surface area is 247 Å². The lowest BCUT2D eigenvalue weighted by molar-refractivity contribution is -0.128. The van der Waals surface area contributed by atoms with Crippen LogP contribution in [0, 0.1) is 17.1 Å². The number of pyridine rings is 1. The summed E-state index contributed by atoms with van der Waals surface area (Å²) in [6.45, 7) is 8.86. The third-order valence-electron chi connectivity index (χ3n) is 9.38. The monoisotopic (exact) mass is 567 g/mol. The maximum Gasteiger partial charge on any atom is 0.246 e. The fourth-order valence-electron chi connectivity index (χ4n) is 7.04. The van der Waals surface area contributed by atoms with Gasteiger partial charge in [0.05, 0.1) is 29.7 Å². The maximum absolute atomic E-state index is 16.1. The second-order valence-corrected chi connectivity index (χ2v) is 11.9. The van der Waals surface area contributed by atoms with Crippen LogP contribution in [0.5, 0.6) is 5.88 Å². The second kappa shape index (κ2) is 11.7. The van der Waals surface area contributed by atoms with Crippen LogP contribution in [-0.2, 0) is 11.2 Å². The van der Waals surface area contributed by atoms with Crippen molar-refractivity contribution in [3.63, 3.8) is 0 Å². The molecule has 3 aliphatic rings. The Hall–Kier alpha value is -3.96. The molecule has 0 N–H and O–H groups in total. The number of rotatable bonds is 7. The number of aryl methyl sites for hydroxylation is 1. The predicted molar refractivity (Wildman–Crippen MR) is 163 cm³/mol. The molecule has 0 bridgehead atoms. The highest BCUT2D eigenvalue weighted by molar-refractivity contribution is 5.96. The Bertz CT molecular complexity index is 1570. The molecule has 7 nitrogen and oxygen atoms in total. The van der Waals surface area contributed by atoms with Gasteiger partial charge in [-0.2, -0.15) is 5.26 Å². The highest BCUT2D eigenvalue weighted by atomic mass is 19.1. The summed E-state index contributed by atoms with van der Waals surface area (Å²) in [6.07, 6.45) is 5.82. The van der Waals surface area contributed by atoms with Crippen molar-refractivity contribution in [3.8, 4) is 23.1 Å². The lowest BCUT2D eigenvalue weighted by Crippen LogP contribution is -2.55. The number of benzene rings is 2. The number of carbonyl (C=O) groups is 1. The number of likely N-dealkylation sites (tertiary alicyclic amines) is 1. The van der Waals surface area contributed by atoms with Crippen molar-refractivity contribution in [2.24, 2.45) is 0 Å². The smallest absolute Gasteiger partial charge is 0.246 e. The fourth-order valence-corrected chi connectivity index (χ4v) is 7.04. The van der Waals surface area contributed by atoms with Gasteiger partial charge in [0.2, 0.25) is 11.8 Å². The van der Waals surface area contributed by atoms with Crippen LogP contribution in [0.1, 0.15) is 49.7 Å². The molecule has 1 aliphatic carbocycles. The average Bonchev–Trinajstić information content (AvgIpc) is 3.59. The number of nitriles is 1. The largest absolute Gasteiger partial charge is 0.476 e. The normalized spacial score (nSPS) is 22.3. The SMILES string of the molecule is C=CC(=O)N1CCN(c2cc(OC[C@@H]3CCCN3C)nc3cc(-c4cccc5c4C(C)CC5)c(F)cc23)C[C@@H]1CC#N. The van der Waals surface area contributed by atoms with Crippen molar-refractivity contribution >= 4 is 22.5 Å². The number of carbonyl (C=O) groups excluding carboxylic acids is 1. The quantitative estimate of drug-likeness (QED) is 0.342. The van der Waals surface area contributed by atoms with E-state index in [1.807, 2.05) is 24.3 Å². The summed E-state index contributed by atoms with van der Waals surface area (Å²) in [4.78, 5) is 23.6. The van der Waals surface area contributed by atoms with E-state index in [1.54, 1.807) is 11.0 Å². The number of halogens is 1. The van der Waals surface area contributed by atoms with Crippen molar-refractivity contribution in [1.29, 1.82) is 5.26 Å². The van der Waals surface area contributed by atoms with E-state index in [0.717, 1.165) is 43.5 Å². The van der Waals surface area contributed by atoms with Gasteiger partial charge < -0.3 is 19.4 Å². The zero-order valence-electron chi connectivity index (χ0n) is 24.5. The molecule has 3 heterocycles. The number of aromatic nitrogens is 1. The Morgan fingerprint density at radius 2 is 2.05 bits per heavy atom. The molecule has 6 rings (SSSR count). The molecule has 0 radical (unpaired) electrons. The average molecular weight is 568 g/mol. The molecular weight excluding hydrogens is 529 g/mol. The Morgan fingerprint density at radius 1 is 1.19 bits per heavy atom. The lowest BCUT2D eigenvalue weighted by atomic mass is 9.91. The van der Waals surface area contributed by atoms with E-state index < -0.39 is 0 Å². The van der Waals surface area contributed by atoms with Gasteiger partial charge in [-0.3, -0.25) is 4.79 Å². The molecule has 218 valence electrons. The Kier molecular flexibility index (Phi) is 7.87. The zero-order valence-corrected chi connectivity index (χ0v) is 24.5. The summed E-state index contributed by atoms with van der Waals surface area (Å²) < 4.78 is 22.4. The molecular formula is C34H38FN5O2. The molecule has 3 atom stereocenters. The third kappa shape index (κ3) is 5.22. The van der Waals surface area contributed by atoms with E-state index >= 15 is 4.39 Å². The summed E-state index contributed by atoms with van der Waals surface area (Å²) in [5.41, 5.74) is 5.49. The van der Waals surface area contributed by atoms with E-state index in [9.17, 15) is 10.1 Å². The number of hydrogen-bond donors (Lipinski definition) is 0. The minimum absolute atomic E-state index is 0.181. The molecule has 3 aromatic rings. The van der Waals surface area contributed by atoms with Crippen LogP contribution in [0.2, 0.25) is 0 Å². The van der Waals surface area contributed by atoms with Crippen molar-refractivity contribution in [2.75, 3.05) is 44.7 Å². The first-order valence-electron chi connectivity index (χ1n) is 15.0. The molecule has 8 heteroatoms. The number of amides is 1. The van der Waals surface area contributed by atoms with Crippen LogP contribution in [0.25, 0.3) is 22.0 Å². The predicted octanol–water partition coefficient (Wildman–Crippen LogP) is 5.68. The second-order valence-electron chi connectivity index (χ2n) is 11.9. The highest BCUT2D eigenvalue weighted by Gasteiger charge is 2.31. The van der Waals surface area contributed by atoms with Gasteiger partial charge >= 0.3 is 0 Å². The van der Waals surface area contributed by atoms with Gasteiger partial charge in [-0.15, -0.1) is 0 Å². The number of nitrogens with zero attached hydrogens (tertiary/aromatic N) is 5. The van der Waals surface area contributed by atoms with Gasteiger partial charge in [0.25, 0.3) is 0 Å². The molecule has 1 unspecified atom stereocenters. The van der Waals surface area contributed by atoms with Gasteiger partial charge in [0.1, 0.15) is 12.4 Å². The van der Waals surface area contributed by atoms with Gasteiger partial charge in [0, 0.05) is 42.7 Å². The molecule has 1 aromatic heterocycles. The first-order chi connectivity index (χ1) is 20.4. The van der Waals surface area contributed by atoms with Gasteiger partial charge in [0.15, 0.2) is 0 Å². The van der Waals surface area contributed by atoms with Crippen LogP contribution in [0.4, 0.5) is 10.1 Å². The molecule has 1 amide bonds. The van der Waals surface area contributed by atoms with Crippen LogP contribution in [0.15, 0.2) is 49.1 Å². The van der Waals surface area contributed by atoms with E-state index in [4.69, 9.17) is 9.72 Å². The minimum Gasteiger partial charge on any atom is -0.476 e. The minimum atomic E-state index is -0.300. The summed E-state index contributed by atoms with van der Waals surface area (Å²) in [7, 11) is 2.12. The summed E-state index contributed by atoms with van der Waals surface area (Å²) in [5.74, 6) is 0.413. The Balaban J connectivity index is 1.43. The van der Waals surface area contributed by atoms with E-state index in [2.05, 4.69) is 42.5 Å². The lowest BCUT2D eigenvalue weighted by Gasteiger charge is -2.41. The highest BCUT2D eigenvalue weighted by Crippen LogP contribution is 2.42. The molecule has 2 fully saturated rings. The molecule has 0 spiro atoms. The number of likely N-dealkylation sites (N-methyl/N-ethyl adjacent to an activating group) is 1. The summed E-state index contributed by atoms with van der Waals surface area (Å²) in [5, 5.41) is 10.2. The van der Waals surface area contributed by atoms with E-state index in [0.29, 0.717) is 60.5 Å². The fraction of sp³-hybridized carbons (Fsp3) is 0.441. The summed E-state index contributed by atoms with van der Waals surface area (Å²) in [6, 6.07) is 13.8. The number of ether oxygens (including phenoxy) is 1. The van der Waals surface area contributed by atoms with Crippen molar-refractivity contribution in [2.45, 2.75) is 57.0 Å². The van der Waals surface area contributed by atoms with Crippen LogP contribution >= 0.6 is 0 Å². The van der Waals surface area contributed by atoms with Crippen LogP contribution in [0.3, 0.4) is 0 Å².